The molecule has 0 aromatic carbocycles. The van der Waals surface area contributed by atoms with Gasteiger partial charge in [0.2, 0.25) is 0 Å². The molecule has 4 rings (SSSR count). The van der Waals surface area contributed by atoms with Crippen LogP contribution in [0, 0.1) is 35.0 Å². The van der Waals surface area contributed by atoms with E-state index in [-0.39, 0.29) is 6.10 Å². The highest BCUT2D eigenvalue weighted by Crippen LogP contribution is 2.64. The molecule has 1 N–H and O–H groups in total. The molecule has 0 unspecified atom stereocenters. The lowest BCUT2D eigenvalue weighted by Gasteiger charge is -2.58. The molecule has 0 bridgehead atoms. The minimum atomic E-state index is -0.469. The number of rotatable bonds is 2. The van der Waals surface area contributed by atoms with E-state index >= 15 is 0 Å². The Kier molecular flexibility index (Phi) is 4.57. The van der Waals surface area contributed by atoms with Crippen molar-refractivity contribution in [3.8, 4) is 0 Å². The highest BCUT2D eigenvalue weighted by atomic mass is 16.7. The van der Waals surface area contributed by atoms with Crippen molar-refractivity contribution in [2.24, 2.45) is 35.0 Å². The first-order valence-electron chi connectivity index (χ1n) is 10.4. The molecule has 0 aromatic rings. The number of hydrogen-bond donors (Lipinski definition) is 1. The summed E-state index contributed by atoms with van der Waals surface area (Å²) in [6.45, 7) is 4.73. The number of fused-ring (bicyclic) bond motifs is 5. The number of aliphatic hydroxyl groups excluding tert-OH is 1. The van der Waals surface area contributed by atoms with E-state index in [2.05, 4.69) is 19.9 Å². The number of methoxy groups -OCH3 is 2. The van der Waals surface area contributed by atoms with Gasteiger partial charge in [-0.2, -0.15) is 0 Å². The fraction of sp³-hybridized carbons (Fsp3) is 0.909. The van der Waals surface area contributed by atoms with Crippen LogP contribution in [0.25, 0.3) is 0 Å². The van der Waals surface area contributed by atoms with Crippen LogP contribution in [0.2, 0.25) is 0 Å². The third-order valence-corrected chi connectivity index (χ3v) is 8.95. The van der Waals surface area contributed by atoms with E-state index in [1.54, 1.807) is 19.8 Å². The summed E-state index contributed by atoms with van der Waals surface area (Å²) in [6, 6.07) is 0. The Labute approximate surface area is 153 Å². The minimum absolute atomic E-state index is 0.187. The molecule has 0 radical (unpaired) electrons. The summed E-state index contributed by atoms with van der Waals surface area (Å²) in [5.74, 6) is 2.83. The Morgan fingerprint density at radius 3 is 2.36 bits per heavy atom. The monoisotopic (exact) mass is 348 g/mol. The second-order valence-electron chi connectivity index (χ2n) is 9.44. The van der Waals surface area contributed by atoms with Crippen LogP contribution in [0.15, 0.2) is 11.6 Å². The van der Waals surface area contributed by atoms with Crippen molar-refractivity contribution in [1.29, 1.82) is 0 Å². The van der Waals surface area contributed by atoms with Crippen LogP contribution in [0.1, 0.15) is 65.2 Å². The Balaban J connectivity index is 1.59. The topological polar surface area (TPSA) is 38.7 Å². The van der Waals surface area contributed by atoms with Crippen LogP contribution in [-0.2, 0) is 9.47 Å². The zero-order valence-corrected chi connectivity index (χ0v) is 16.5. The Bertz CT molecular complexity index is 537. The molecular weight excluding hydrogens is 312 g/mol. The number of aliphatic hydroxyl groups is 1. The van der Waals surface area contributed by atoms with E-state index in [0.717, 1.165) is 37.5 Å². The molecule has 0 aliphatic heterocycles. The van der Waals surface area contributed by atoms with Crippen LogP contribution in [0.5, 0.6) is 0 Å². The Morgan fingerprint density at radius 2 is 1.68 bits per heavy atom. The molecule has 0 aromatic heterocycles. The SMILES string of the molecule is C/C=C1/CC[C@H]2[C@@H]3C[C@@H](O)[C@@H]4CC(OC)(OC)CC[C@@H]4[C@H]3CC[C@]12C. The van der Waals surface area contributed by atoms with Gasteiger partial charge in [-0.25, -0.2) is 0 Å². The maximum Gasteiger partial charge on any atom is 0.167 e. The van der Waals surface area contributed by atoms with Gasteiger partial charge in [0.15, 0.2) is 5.79 Å². The quantitative estimate of drug-likeness (QED) is 0.588. The molecule has 4 aliphatic carbocycles. The van der Waals surface area contributed by atoms with E-state index in [0.29, 0.717) is 23.2 Å². The van der Waals surface area contributed by atoms with E-state index in [4.69, 9.17) is 9.47 Å². The van der Waals surface area contributed by atoms with E-state index in [1.807, 2.05) is 0 Å². The van der Waals surface area contributed by atoms with Crippen LogP contribution in [-0.4, -0.2) is 31.2 Å². The third kappa shape index (κ3) is 2.56. The minimum Gasteiger partial charge on any atom is -0.393 e. The maximum absolute atomic E-state index is 11.1. The number of hydrogen-bond acceptors (Lipinski definition) is 3. The summed E-state index contributed by atoms with van der Waals surface area (Å²) in [6.07, 6.45) is 11.5. The van der Waals surface area contributed by atoms with Gasteiger partial charge in [0.25, 0.3) is 0 Å². The Hall–Kier alpha value is -0.380. The first-order chi connectivity index (χ1) is 12.0. The molecule has 4 saturated carbocycles. The van der Waals surface area contributed by atoms with Crippen molar-refractivity contribution < 1.29 is 14.6 Å². The van der Waals surface area contributed by atoms with Gasteiger partial charge in [-0.15, -0.1) is 0 Å². The summed E-state index contributed by atoms with van der Waals surface area (Å²) in [5.41, 5.74) is 2.09. The predicted octanol–water partition coefficient (Wildman–Crippen LogP) is 4.55. The second-order valence-corrected chi connectivity index (χ2v) is 9.44. The fourth-order valence-electron chi connectivity index (χ4n) is 7.58. The molecule has 4 aliphatic rings. The fourth-order valence-corrected chi connectivity index (χ4v) is 7.58. The van der Waals surface area contributed by atoms with Gasteiger partial charge in [-0.1, -0.05) is 18.6 Å². The first-order valence-corrected chi connectivity index (χ1v) is 10.4. The molecule has 0 spiro atoms. The molecular formula is C22H36O3. The van der Waals surface area contributed by atoms with Gasteiger partial charge < -0.3 is 14.6 Å². The largest absolute Gasteiger partial charge is 0.393 e. The van der Waals surface area contributed by atoms with E-state index < -0.39 is 5.79 Å². The molecule has 4 fully saturated rings. The van der Waals surface area contributed by atoms with Gasteiger partial charge >= 0.3 is 0 Å². The molecule has 0 saturated heterocycles. The molecule has 25 heavy (non-hydrogen) atoms. The smallest absolute Gasteiger partial charge is 0.167 e. The third-order valence-electron chi connectivity index (χ3n) is 8.95. The van der Waals surface area contributed by atoms with Crippen LogP contribution < -0.4 is 0 Å². The number of ether oxygens (including phenoxy) is 2. The highest BCUT2D eigenvalue weighted by Gasteiger charge is 2.58. The highest BCUT2D eigenvalue weighted by molar-refractivity contribution is 5.23. The zero-order chi connectivity index (χ0) is 17.8. The average molecular weight is 349 g/mol. The normalized spacial score (nSPS) is 50.2. The lowest BCUT2D eigenvalue weighted by molar-refractivity contribution is -0.256. The lowest BCUT2D eigenvalue weighted by Crippen LogP contribution is -2.55. The molecule has 3 heteroatoms. The molecule has 0 heterocycles. The van der Waals surface area contributed by atoms with Crippen LogP contribution in [0.4, 0.5) is 0 Å². The molecule has 0 amide bonds. The summed E-state index contributed by atoms with van der Waals surface area (Å²) in [7, 11) is 3.51. The van der Waals surface area contributed by atoms with Crippen LogP contribution >= 0.6 is 0 Å². The first kappa shape index (κ1) is 18.0. The van der Waals surface area contributed by atoms with Crippen molar-refractivity contribution in [3.63, 3.8) is 0 Å². The van der Waals surface area contributed by atoms with Crippen molar-refractivity contribution in [2.75, 3.05) is 14.2 Å². The van der Waals surface area contributed by atoms with E-state index in [9.17, 15) is 5.11 Å². The van der Waals surface area contributed by atoms with Gasteiger partial charge in [-0.05, 0) is 80.5 Å². The molecule has 7 atom stereocenters. The molecule has 142 valence electrons. The van der Waals surface area contributed by atoms with Crippen molar-refractivity contribution >= 4 is 0 Å². The lowest BCUT2D eigenvalue weighted by atomic mass is 9.49. The van der Waals surface area contributed by atoms with Gasteiger partial charge in [0.05, 0.1) is 6.10 Å². The maximum atomic E-state index is 11.1. The van der Waals surface area contributed by atoms with Crippen molar-refractivity contribution in [1.82, 2.24) is 0 Å². The Morgan fingerprint density at radius 1 is 1.00 bits per heavy atom. The summed E-state index contributed by atoms with van der Waals surface area (Å²) in [4.78, 5) is 0. The van der Waals surface area contributed by atoms with Crippen LogP contribution in [0.3, 0.4) is 0 Å². The van der Waals surface area contributed by atoms with Gasteiger partial charge in [0, 0.05) is 27.1 Å². The van der Waals surface area contributed by atoms with Crippen molar-refractivity contribution in [3.05, 3.63) is 11.6 Å². The summed E-state index contributed by atoms with van der Waals surface area (Å²) >= 11 is 0. The molecule has 3 nitrogen and oxygen atoms in total. The van der Waals surface area contributed by atoms with E-state index in [1.165, 1.54) is 25.7 Å². The summed E-state index contributed by atoms with van der Waals surface area (Å²) < 4.78 is 11.5. The number of allylic oxidation sites excluding steroid dienone is 2. The zero-order valence-electron chi connectivity index (χ0n) is 16.5. The second kappa shape index (κ2) is 6.35. The van der Waals surface area contributed by atoms with Crippen molar-refractivity contribution in [2.45, 2.75) is 77.1 Å². The van der Waals surface area contributed by atoms with Gasteiger partial charge in [0.1, 0.15) is 0 Å². The summed E-state index contributed by atoms with van der Waals surface area (Å²) in [5, 5.41) is 11.1. The standard InChI is InChI=1S/C22H36O3/c1-5-14-6-7-19-17-12-20(23)18-13-22(24-3,25-4)11-9-16(18)15(17)8-10-21(14,19)2/h5,15-20,23H,6-13H2,1-4H3/b14-5-/t15-,16-,17-,18-,19+,20-,21-/m1/s1. The predicted molar refractivity (Wildman–Crippen MR) is 99.0 cm³/mol. The van der Waals surface area contributed by atoms with Gasteiger partial charge in [-0.3, -0.25) is 0 Å². The average Bonchev–Trinajstić information content (AvgIpc) is 2.98.